The Morgan fingerprint density at radius 1 is 0.562 bits per heavy atom. The van der Waals surface area contributed by atoms with Gasteiger partial charge in [-0.2, -0.15) is 0 Å². The van der Waals surface area contributed by atoms with Crippen LogP contribution in [0.25, 0.3) is 0 Å². The normalized spacial score (nSPS) is 14.5. The molecule has 2 atom stereocenters. The maximum Gasteiger partial charge on any atom is 0.348 e. The second-order valence-electron chi connectivity index (χ2n) is 9.15. The Hall–Kier alpha value is -0.0562. The van der Waals surface area contributed by atoms with Gasteiger partial charge in [-0.25, -0.2) is 0 Å². The highest BCUT2D eigenvalue weighted by atomic mass is 28.4. The van der Waals surface area contributed by atoms with Crippen LogP contribution >= 0.6 is 0 Å². The molecule has 0 radical (unpaired) electrons. The summed E-state index contributed by atoms with van der Waals surface area (Å²) in [5.41, 5.74) is -0.334. The highest BCUT2D eigenvalue weighted by molar-refractivity contribution is 6.77. The van der Waals surface area contributed by atoms with E-state index in [2.05, 4.69) is 27.7 Å². The number of hydrogen-bond acceptors (Lipinski definition) is 5. The van der Waals surface area contributed by atoms with Crippen molar-refractivity contribution >= 4 is 22.9 Å². The summed E-state index contributed by atoms with van der Waals surface area (Å²) in [7, 11) is 1.63. The summed E-state index contributed by atoms with van der Waals surface area (Å²) in [6, 6.07) is 1.68. The van der Waals surface area contributed by atoms with Gasteiger partial charge in [-0.3, -0.25) is 4.79 Å². The minimum absolute atomic E-state index is 0.167. The largest absolute Gasteiger partial charge is 0.397 e. The SMILES string of the molecule is CCCCCCC(C(=O)C(CCCCCC)[Si](CCC)(OC)OC)[Si](CCC)(OC)OC. The molecule has 2 unspecified atom stereocenters. The smallest absolute Gasteiger partial charge is 0.348 e. The Morgan fingerprint density at radius 3 is 1.16 bits per heavy atom. The van der Waals surface area contributed by atoms with E-state index in [9.17, 15) is 4.79 Å². The van der Waals surface area contributed by atoms with Crippen LogP contribution in [0.2, 0.25) is 23.2 Å². The van der Waals surface area contributed by atoms with Crippen molar-refractivity contribution in [2.75, 3.05) is 28.4 Å². The molecule has 0 heterocycles. The zero-order valence-corrected chi connectivity index (χ0v) is 24.6. The van der Waals surface area contributed by atoms with Gasteiger partial charge in [-0.15, -0.1) is 0 Å². The van der Waals surface area contributed by atoms with E-state index in [-0.39, 0.29) is 11.1 Å². The molecule has 32 heavy (non-hydrogen) atoms. The molecular formula is C25H54O5Si2. The molecule has 5 nitrogen and oxygen atoms in total. The first kappa shape index (κ1) is 31.9. The summed E-state index contributed by atoms with van der Waals surface area (Å²) in [5, 5.41) is 0. The molecule has 0 saturated heterocycles. The third kappa shape index (κ3) is 9.30. The Kier molecular flexibility index (Phi) is 18.3. The second kappa shape index (κ2) is 18.3. The van der Waals surface area contributed by atoms with Gasteiger partial charge in [0.1, 0.15) is 5.78 Å². The zero-order valence-electron chi connectivity index (χ0n) is 22.6. The summed E-state index contributed by atoms with van der Waals surface area (Å²) < 4.78 is 24.5. The minimum atomic E-state index is -2.68. The van der Waals surface area contributed by atoms with E-state index in [1.165, 1.54) is 25.7 Å². The van der Waals surface area contributed by atoms with E-state index < -0.39 is 17.1 Å². The molecule has 0 rings (SSSR count). The summed E-state index contributed by atoms with van der Waals surface area (Å²) >= 11 is 0. The van der Waals surface area contributed by atoms with E-state index in [4.69, 9.17) is 17.7 Å². The third-order valence-corrected chi connectivity index (χ3v) is 15.4. The molecule has 0 bridgehead atoms. The lowest BCUT2D eigenvalue weighted by Gasteiger charge is -2.40. The number of rotatable bonds is 22. The van der Waals surface area contributed by atoms with Gasteiger partial charge in [0.15, 0.2) is 0 Å². The Labute approximate surface area is 201 Å². The molecule has 0 aromatic carbocycles. The first-order valence-electron chi connectivity index (χ1n) is 13.2. The van der Waals surface area contributed by atoms with Crippen LogP contribution in [0, 0.1) is 0 Å². The van der Waals surface area contributed by atoms with Gasteiger partial charge in [0.25, 0.3) is 0 Å². The molecule has 0 amide bonds. The van der Waals surface area contributed by atoms with Crippen LogP contribution in [0.15, 0.2) is 0 Å². The monoisotopic (exact) mass is 490 g/mol. The maximum absolute atomic E-state index is 14.4. The van der Waals surface area contributed by atoms with Crippen LogP contribution in [0.3, 0.4) is 0 Å². The molecule has 0 N–H and O–H groups in total. The van der Waals surface area contributed by atoms with Crippen molar-refractivity contribution in [3.63, 3.8) is 0 Å². The first-order valence-corrected chi connectivity index (χ1v) is 17.4. The molecule has 0 spiro atoms. The van der Waals surface area contributed by atoms with Crippen molar-refractivity contribution in [2.45, 2.75) is 128 Å². The summed E-state index contributed by atoms with van der Waals surface area (Å²) in [5.74, 6) is 0.297. The van der Waals surface area contributed by atoms with Gasteiger partial charge in [-0.05, 0) is 24.9 Å². The zero-order chi connectivity index (χ0) is 24.5. The molecule has 0 aromatic rings. The first-order chi connectivity index (χ1) is 15.4. The van der Waals surface area contributed by atoms with E-state index in [0.29, 0.717) is 5.78 Å². The summed E-state index contributed by atoms with van der Waals surface area (Å²) in [4.78, 5) is 14.4. The Bertz CT molecular complexity index is 427. The van der Waals surface area contributed by atoms with Crippen molar-refractivity contribution in [3.8, 4) is 0 Å². The van der Waals surface area contributed by atoms with E-state index in [1.54, 1.807) is 28.4 Å². The van der Waals surface area contributed by atoms with E-state index in [1.807, 2.05) is 0 Å². The van der Waals surface area contributed by atoms with Gasteiger partial charge < -0.3 is 17.7 Å². The molecule has 192 valence electrons. The molecule has 7 heteroatoms. The maximum atomic E-state index is 14.4. The fraction of sp³-hybridized carbons (Fsp3) is 0.960. The molecule has 0 aliphatic carbocycles. The Balaban J connectivity index is 6.15. The van der Waals surface area contributed by atoms with Crippen molar-refractivity contribution in [2.24, 2.45) is 0 Å². The second-order valence-corrected chi connectivity index (χ2v) is 16.4. The quantitative estimate of drug-likeness (QED) is 0.116. The molecule has 0 aliphatic heterocycles. The van der Waals surface area contributed by atoms with Crippen molar-refractivity contribution in [1.29, 1.82) is 0 Å². The fourth-order valence-electron chi connectivity index (χ4n) is 5.14. The lowest BCUT2D eigenvalue weighted by Crippen LogP contribution is -2.54. The predicted octanol–water partition coefficient (Wildman–Crippen LogP) is 7.53. The highest BCUT2D eigenvalue weighted by Gasteiger charge is 2.55. The van der Waals surface area contributed by atoms with Crippen LogP contribution in [0.1, 0.15) is 105 Å². The summed E-state index contributed by atoms with van der Waals surface area (Å²) in [6.07, 6.45) is 12.8. The van der Waals surface area contributed by atoms with Crippen LogP contribution in [0.4, 0.5) is 0 Å². The standard InChI is InChI=1S/C25H54O5Si2/c1-9-13-15-17-19-23(31(27-5,28-6)21-11-3)25(26)24(20-18-16-14-10-2)32(29-7,30-8)22-12-4/h23-24H,9-22H2,1-8H3. The number of carbonyl (C=O) groups excluding carboxylic acids is 1. The van der Waals surface area contributed by atoms with Gasteiger partial charge in [0.2, 0.25) is 0 Å². The van der Waals surface area contributed by atoms with E-state index in [0.717, 1.165) is 63.5 Å². The molecule has 0 aromatic heterocycles. The number of Topliss-reactive ketones (excluding diaryl/α,β-unsaturated/α-hetero) is 1. The van der Waals surface area contributed by atoms with Crippen LogP contribution in [0.5, 0.6) is 0 Å². The fourth-order valence-corrected chi connectivity index (χ4v) is 12.2. The van der Waals surface area contributed by atoms with Crippen molar-refractivity contribution in [3.05, 3.63) is 0 Å². The molecule has 0 saturated carbocycles. The number of ketones is 1. The van der Waals surface area contributed by atoms with Crippen LogP contribution in [-0.4, -0.2) is 51.3 Å². The van der Waals surface area contributed by atoms with Crippen molar-refractivity contribution in [1.82, 2.24) is 0 Å². The topological polar surface area (TPSA) is 54.0 Å². The summed E-state index contributed by atoms with van der Waals surface area (Å²) in [6.45, 7) is 8.75. The minimum Gasteiger partial charge on any atom is -0.397 e. The average molecular weight is 491 g/mol. The molecule has 0 aliphatic rings. The Morgan fingerprint density at radius 2 is 0.906 bits per heavy atom. The average Bonchev–Trinajstić information content (AvgIpc) is 2.81. The van der Waals surface area contributed by atoms with Gasteiger partial charge in [0.05, 0.1) is 11.1 Å². The highest BCUT2D eigenvalue weighted by Crippen LogP contribution is 2.43. The van der Waals surface area contributed by atoms with Crippen LogP contribution < -0.4 is 0 Å². The number of hydrogen-bond donors (Lipinski definition) is 0. The lowest BCUT2D eigenvalue weighted by molar-refractivity contribution is -0.120. The number of carbonyl (C=O) groups is 1. The van der Waals surface area contributed by atoms with Crippen molar-refractivity contribution < 1.29 is 22.5 Å². The van der Waals surface area contributed by atoms with Gasteiger partial charge in [0, 0.05) is 28.4 Å². The third-order valence-electron chi connectivity index (χ3n) is 7.02. The van der Waals surface area contributed by atoms with Gasteiger partial charge >= 0.3 is 17.1 Å². The predicted molar refractivity (Wildman–Crippen MR) is 140 cm³/mol. The number of unbranched alkanes of at least 4 members (excludes halogenated alkanes) is 6. The van der Waals surface area contributed by atoms with Gasteiger partial charge in [-0.1, -0.05) is 91.9 Å². The van der Waals surface area contributed by atoms with E-state index >= 15 is 0 Å². The molecular weight excluding hydrogens is 436 g/mol. The lowest BCUT2D eigenvalue weighted by atomic mass is 10.0. The molecule has 0 fully saturated rings. The van der Waals surface area contributed by atoms with Crippen LogP contribution in [-0.2, 0) is 22.5 Å².